The number of hydrogen-bond acceptors (Lipinski definition) is 4. The molecule has 0 aliphatic carbocycles. The molecule has 1 aromatic heterocycles. The molecule has 0 saturated carbocycles. The first-order valence-electron chi connectivity index (χ1n) is 6.85. The Balaban J connectivity index is 1.81. The Morgan fingerprint density at radius 3 is 3.16 bits per heavy atom. The van der Waals surface area contributed by atoms with Crippen LogP contribution in [-0.4, -0.2) is 44.9 Å². The van der Waals surface area contributed by atoms with E-state index in [1.807, 2.05) is 0 Å². The summed E-state index contributed by atoms with van der Waals surface area (Å²) in [6, 6.07) is 3.23. The highest BCUT2D eigenvalue weighted by molar-refractivity contribution is 5.38. The summed E-state index contributed by atoms with van der Waals surface area (Å²) in [6.45, 7) is 4.63. The summed E-state index contributed by atoms with van der Waals surface area (Å²) < 4.78 is 17.9. The maximum Gasteiger partial charge on any atom is 0.141 e. The first-order valence-corrected chi connectivity index (χ1v) is 6.85. The number of nitrogens with one attached hydrogen (secondary N) is 1. The largest absolute Gasteiger partial charge is 0.383 e. The molecule has 1 unspecified atom stereocenters. The van der Waals surface area contributed by atoms with Gasteiger partial charge >= 0.3 is 0 Å². The van der Waals surface area contributed by atoms with Crippen LogP contribution in [0.5, 0.6) is 0 Å². The van der Waals surface area contributed by atoms with Crippen LogP contribution in [0.2, 0.25) is 0 Å². The number of anilines is 1. The van der Waals surface area contributed by atoms with Crippen LogP contribution in [0.4, 0.5) is 10.2 Å². The van der Waals surface area contributed by atoms with Gasteiger partial charge in [0.1, 0.15) is 11.6 Å². The zero-order chi connectivity index (χ0) is 13.5. The molecule has 106 valence electrons. The fourth-order valence-electron chi connectivity index (χ4n) is 2.48. The molecule has 19 heavy (non-hydrogen) atoms. The third-order valence-corrected chi connectivity index (χ3v) is 3.47. The zero-order valence-electron chi connectivity index (χ0n) is 11.4. The van der Waals surface area contributed by atoms with E-state index in [1.165, 1.54) is 18.7 Å². The quantitative estimate of drug-likeness (QED) is 0.796. The summed E-state index contributed by atoms with van der Waals surface area (Å²) >= 11 is 0. The highest BCUT2D eigenvalue weighted by Crippen LogP contribution is 2.21. The summed E-state index contributed by atoms with van der Waals surface area (Å²) in [6.07, 6.45) is 3.68. The van der Waals surface area contributed by atoms with Gasteiger partial charge in [0.2, 0.25) is 0 Å². The smallest absolute Gasteiger partial charge is 0.141 e. The second-order valence-electron chi connectivity index (χ2n) is 4.99. The molecule has 0 spiro atoms. The SMILES string of the molecule is COCCNCC1CCCN(c2ccc(F)cn2)C1. The molecule has 5 heteroatoms. The molecular formula is C14H22FN3O. The Kier molecular flexibility index (Phi) is 5.54. The van der Waals surface area contributed by atoms with E-state index >= 15 is 0 Å². The molecule has 2 heterocycles. The van der Waals surface area contributed by atoms with E-state index < -0.39 is 0 Å². The summed E-state index contributed by atoms with van der Waals surface area (Å²) in [5.41, 5.74) is 0. The minimum absolute atomic E-state index is 0.279. The van der Waals surface area contributed by atoms with E-state index in [0.717, 1.165) is 45.0 Å². The maximum absolute atomic E-state index is 12.9. The molecular weight excluding hydrogens is 245 g/mol. The summed E-state index contributed by atoms with van der Waals surface area (Å²) in [7, 11) is 1.71. The van der Waals surface area contributed by atoms with Gasteiger partial charge in [-0.3, -0.25) is 0 Å². The lowest BCUT2D eigenvalue weighted by Gasteiger charge is -2.33. The second kappa shape index (κ2) is 7.40. The molecule has 1 N–H and O–H groups in total. The lowest BCUT2D eigenvalue weighted by atomic mass is 9.98. The molecule has 1 aliphatic heterocycles. The molecule has 1 aliphatic rings. The van der Waals surface area contributed by atoms with E-state index in [9.17, 15) is 4.39 Å². The van der Waals surface area contributed by atoms with Crippen LogP contribution in [0, 0.1) is 11.7 Å². The number of rotatable bonds is 6. The zero-order valence-corrected chi connectivity index (χ0v) is 11.4. The topological polar surface area (TPSA) is 37.4 Å². The van der Waals surface area contributed by atoms with Gasteiger partial charge in [-0.1, -0.05) is 0 Å². The average Bonchev–Trinajstić information content (AvgIpc) is 2.45. The standard InChI is InChI=1S/C14H22FN3O/c1-19-8-6-16-9-12-3-2-7-18(11-12)14-5-4-13(15)10-17-14/h4-5,10,12,16H,2-3,6-9,11H2,1H3. The number of nitrogens with zero attached hydrogens (tertiary/aromatic N) is 2. The van der Waals surface area contributed by atoms with Crippen molar-refractivity contribution in [3.05, 3.63) is 24.1 Å². The van der Waals surface area contributed by atoms with Crippen molar-refractivity contribution in [1.29, 1.82) is 0 Å². The van der Waals surface area contributed by atoms with Gasteiger partial charge in [-0.25, -0.2) is 9.37 Å². The fraction of sp³-hybridized carbons (Fsp3) is 0.643. The molecule has 4 nitrogen and oxygen atoms in total. The van der Waals surface area contributed by atoms with E-state index in [4.69, 9.17) is 4.74 Å². The number of ether oxygens (including phenoxy) is 1. The van der Waals surface area contributed by atoms with Crippen LogP contribution < -0.4 is 10.2 Å². The van der Waals surface area contributed by atoms with Crippen molar-refractivity contribution in [3.63, 3.8) is 0 Å². The lowest BCUT2D eigenvalue weighted by Crippen LogP contribution is -2.40. The molecule has 2 rings (SSSR count). The number of halogens is 1. The van der Waals surface area contributed by atoms with Crippen molar-refractivity contribution < 1.29 is 9.13 Å². The summed E-state index contributed by atoms with van der Waals surface area (Å²) in [5, 5.41) is 3.41. The van der Waals surface area contributed by atoms with Crippen molar-refractivity contribution >= 4 is 5.82 Å². The van der Waals surface area contributed by atoms with Crippen LogP contribution in [0.3, 0.4) is 0 Å². The molecule has 1 fully saturated rings. The highest BCUT2D eigenvalue weighted by Gasteiger charge is 2.20. The molecule has 1 aromatic rings. The third kappa shape index (κ3) is 4.44. The average molecular weight is 267 g/mol. The number of hydrogen-bond donors (Lipinski definition) is 1. The van der Waals surface area contributed by atoms with Gasteiger partial charge in [0.15, 0.2) is 0 Å². The Morgan fingerprint density at radius 1 is 1.53 bits per heavy atom. The van der Waals surface area contributed by atoms with E-state index in [0.29, 0.717) is 5.92 Å². The minimum Gasteiger partial charge on any atom is -0.383 e. The van der Waals surface area contributed by atoms with Crippen molar-refractivity contribution in [2.75, 3.05) is 44.8 Å². The van der Waals surface area contributed by atoms with Gasteiger partial charge in [-0.05, 0) is 37.4 Å². The van der Waals surface area contributed by atoms with Crippen LogP contribution in [0.15, 0.2) is 18.3 Å². The van der Waals surface area contributed by atoms with Crippen LogP contribution >= 0.6 is 0 Å². The summed E-state index contributed by atoms with van der Waals surface area (Å²) in [5.74, 6) is 1.22. The number of pyridine rings is 1. The van der Waals surface area contributed by atoms with Crippen LogP contribution in [0.25, 0.3) is 0 Å². The minimum atomic E-state index is -0.279. The first kappa shape index (κ1) is 14.2. The molecule has 1 atom stereocenters. The van der Waals surface area contributed by atoms with Gasteiger partial charge in [0.25, 0.3) is 0 Å². The van der Waals surface area contributed by atoms with Crippen molar-refractivity contribution in [3.8, 4) is 0 Å². The molecule has 0 amide bonds. The predicted octanol–water partition coefficient (Wildman–Crippen LogP) is 1.67. The predicted molar refractivity (Wildman–Crippen MR) is 73.9 cm³/mol. The molecule has 0 aromatic carbocycles. The van der Waals surface area contributed by atoms with E-state index in [2.05, 4.69) is 15.2 Å². The van der Waals surface area contributed by atoms with Crippen molar-refractivity contribution in [1.82, 2.24) is 10.3 Å². The Hall–Kier alpha value is -1.20. The normalized spacial score (nSPS) is 19.7. The van der Waals surface area contributed by atoms with Gasteiger partial charge in [0.05, 0.1) is 12.8 Å². The Morgan fingerprint density at radius 2 is 2.42 bits per heavy atom. The Bertz CT molecular complexity index is 371. The monoisotopic (exact) mass is 267 g/mol. The second-order valence-corrected chi connectivity index (χ2v) is 4.99. The summed E-state index contributed by atoms with van der Waals surface area (Å²) in [4.78, 5) is 6.40. The molecule has 0 bridgehead atoms. The highest BCUT2D eigenvalue weighted by atomic mass is 19.1. The van der Waals surface area contributed by atoms with Crippen LogP contribution in [0.1, 0.15) is 12.8 Å². The van der Waals surface area contributed by atoms with E-state index in [1.54, 1.807) is 13.2 Å². The first-order chi connectivity index (χ1) is 9.29. The van der Waals surface area contributed by atoms with Crippen molar-refractivity contribution in [2.24, 2.45) is 5.92 Å². The fourth-order valence-corrected chi connectivity index (χ4v) is 2.48. The van der Waals surface area contributed by atoms with Gasteiger partial charge in [-0.2, -0.15) is 0 Å². The lowest BCUT2D eigenvalue weighted by molar-refractivity contribution is 0.197. The molecule has 0 radical (unpaired) electrons. The van der Waals surface area contributed by atoms with E-state index in [-0.39, 0.29) is 5.82 Å². The van der Waals surface area contributed by atoms with Crippen LogP contribution in [-0.2, 0) is 4.74 Å². The van der Waals surface area contributed by atoms with Gasteiger partial charge in [0, 0.05) is 26.7 Å². The number of aromatic nitrogens is 1. The maximum atomic E-state index is 12.9. The third-order valence-electron chi connectivity index (χ3n) is 3.47. The van der Waals surface area contributed by atoms with Crippen molar-refractivity contribution in [2.45, 2.75) is 12.8 Å². The number of methoxy groups -OCH3 is 1. The molecule has 1 saturated heterocycles. The Labute approximate surface area is 114 Å². The van der Waals surface area contributed by atoms with Gasteiger partial charge < -0.3 is 15.0 Å². The number of piperidine rings is 1. The van der Waals surface area contributed by atoms with Gasteiger partial charge in [-0.15, -0.1) is 0 Å².